The smallest absolute Gasteiger partial charge is 0.255 e. The summed E-state index contributed by atoms with van der Waals surface area (Å²) in [5.74, 6) is -1.64. The Morgan fingerprint density at radius 2 is 1.81 bits per heavy atom. The second-order valence-corrected chi connectivity index (χ2v) is 6.15. The van der Waals surface area contributed by atoms with Crippen LogP contribution >= 0.6 is 0 Å². The van der Waals surface area contributed by atoms with Crippen LogP contribution in [0.1, 0.15) is 33.2 Å². The Balaban J connectivity index is 1.78. The molecule has 3 N–H and O–H groups in total. The number of nitrogens with two attached hydrogens (primary N) is 1. The van der Waals surface area contributed by atoms with E-state index in [1.54, 1.807) is 11.6 Å². The van der Waals surface area contributed by atoms with Gasteiger partial charge in [0.15, 0.2) is 0 Å². The van der Waals surface area contributed by atoms with E-state index in [2.05, 4.69) is 10.4 Å². The van der Waals surface area contributed by atoms with Crippen LogP contribution in [0.15, 0.2) is 60.8 Å². The Hall–Kier alpha value is -3.48. The molecule has 3 rings (SSSR count). The maximum Gasteiger partial charge on any atom is 0.255 e. The van der Waals surface area contributed by atoms with E-state index in [0.29, 0.717) is 23.4 Å². The number of benzene rings is 2. The first-order chi connectivity index (χ1) is 13.0. The molecule has 1 aromatic heterocycles. The molecule has 0 bridgehead atoms. The predicted octanol–water partition coefficient (Wildman–Crippen LogP) is 2.34. The molecule has 27 heavy (non-hydrogen) atoms. The summed E-state index contributed by atoms with van der Waals surface area (Å²) in [6, 6.07) is 13.9. The van der Waals surface area contributed by atoms with Gasteiger partial charge in [-0.1, -0.05) is 42.5 Å². The fraction of sp³-hybridized carbons (Fsp3) is 0.150. The molecule has 2 amide bonds. The number of nitrogens with zero attached hydrogens (tertiary/aromatic N) is 2. The molecule has 0 aliphatic rings. The average Bonchev–Trinajstić information content (AvgIpc) is 3.02. The van der Waals surface area contributed by atoms with Gasteiger partial charge in [0.1, 0.15) is 11.9 Å². The van der Waals surface area contributed by atoms with E-state index in [0.717, 1.165) is 5.56 Å². The molecule has 1 atom stereocenters. The molecule has 7 heteroatoms. The van der Waals surface area contributed by atoms with Crippen LogP contribution in [-0.2, 0) is 11.3 Å². The van der Waals surface area contributed by atoms with Gasteiger partial charge in [-0.2, -0.15) is 5.10 Å². The van der Waals surface area contributed by atoms with Crippen molar-refractivity contribution in [2.45, 2.75) is 19.5 Å². The van der Waals surface area contributed by atoms with Gasteiger partial charge in [-0.15, -0.1) is 0 Å². The summed E-state index contributed by atoms with van der Waals surface area (Å²) < 4.78 is 14.8. The van der Waals surface area contributed by atoms with Crippen LogP contribution in [-0.4, -0.2) is 21.6 Å². The van der Waals surface area contributed by atoms with Crippen molar-refractivity contribution in [2.75, 3.05) is 0 Å². The van der Waals surface area contributed by atoms with Crippen molar-refractivity contribution < 1.29 is 14.0 Å². The Morgan fingerprint density at radius 1 is 1.15 bits per heavy atom. The normalized spacial score (nSPS) is 11.8. The summed E-state index contributed by atoms with van der Waals surface area (Å²) in [4.78, 5) is 24.4. The van der Waals surface area contributed by atoms with Crippen LogP contribution in [0.25, 0.3) is 0 Å². The van der Waals surface area contributed by atoms with Gasteiger partial charge in [0.05, 0.1) is 18.3 Å². The van der Waals surface area contributed by atoms with E-state index in [1.165, 1.54) is 30.5 Å². The molecule has 0 radical (unpaired) electrons. The Labute approximate surface area is 155 Å². The van der Waals surface area contributed by atoms with Crippen molar-refractivity contribution in [1.29, 1.82) is 0 Å². The Kier molecular flexibility index (Phi) is 5.30. The van der Waals surface area contributed by atoms with Crippen LogP contribution in [0.5, 0.6) is 0 Å². The number of aromatic nitrogens is 2. The highest BCUT2D eigenvalue weighted by Gasteiger charge is 2.23. The molecule has 0 fully saturated rings. The lowest BCUT2D eigenvalue weighted by molar-refractivity contribution is -0.120. The monoisotopic (exact) mass is 366 g/mol. The molecule has 0 saturated carbocycles. The fourth-order valence-corrected chi connectivity index (χ4v) is 2.77. The van der Waals surface area contributed by atoms with Crippen LogP contribution in [0, 0.1) is 12.7 Å². The van der Waals surface area contributed by atoms with E-state index in [4.69, 9.17) is 5.73 Å². The lowest BCUT2D eigenvalue weighted by Gasteiger charge is -2.16. The van der Waals surface area contributed by atoms with E-state index >= 15 is 0 Å². The highest BCUT2D eigenvalue weighted by atomic mass is 19.1. The molecular weight excluding hydrogens is 347 g/mol. The minimum absolute atomic E-state index is 0.347. The second kappa shape index (κ2) is 7.82. The fourth-order valence-electron chi connectivity index (χ4n) is 2.77. The molecule has 3 aromatic rings. The third kappa shape index (κ3) is 4.20. The Bertz CT molecular complexity index is 952. The summed E-state index contributed by atoms with van der Waals surface area (Å²) >= 11 is 0. The van der Waals surface area contributed by atoms with Gasteiger partial charge in [0, 0.05) is 5.69 Å². The molecule has 1 unspecified atom stereocenters. The topological polar surface area (TPSA) is 90.0 Å². The summed E-state index contributed by atoms with van der Waals surface area (Å²) in [6.07, 6.45) is 1.45. The van der Waals surface area contributed by atoms with Gasteiger partial charge in [-0.05, 0) is 30.2 Å². The first kappa shape index (κ1) is 18.3. The molecule has 6 nitrogen and oxygen atoms in total. The molecule has 0 aliphatic heterocycles. The first-order valence-electron chi connectivity index (χ1n) is 8.37. The van der Waals surface area contributed by atoms with Gasteiger partial charge in [-0.25, -0.2) is 4.39 Å². The van der Waals surface area contributed by atoms with Crippen LogP contribution in [0.4, 0.5) is 4.39 Å². The van der Waals surface area contributed by atoms with Crippen molar-refractivity contribution in [3.05, 3.63) is 89.0 Å². The zero-order valence-corrected chi connectivity index (χ0v) is 14.7. The van der Waals surface area contributed by atoms with Crippen molar-refractivity contribution in [3.8, 4) is 0 Å². The maximum absolute atomic E-state index is 13.1. The van der Waals surface area contributed by atoms with E-state index in [-0.39, 0.29) is 0 Å². The zero-order valence-electron chi connectivity index (χ0n) is 14.7. The Morgan fingerprint density at radius 3 is 2.44 bits per heavy atom. The highest BCUT2D eigenvalue weighted by molar-refractivity contribution is 5.98. The number of rotatable bonds is 6. The van der Waals surface area contributed by atoms with Gasteiger partial charge in [0.25, 0.3) is 5.91 Å². The highest BCUT2D eigenvalue weighted by Crippen LogP contribution is 2.16. The van der Waals surface area contributed by atoms with Crippen LogP contribution in [0.2, 0.25) is 0 Å². The summed E-state index contributed by atoms with van der Waals surface area (Å²) in [7, 11) is 0. The SMILES string of the molecule is Cc1c(C(=O)NC(C(N)=O)c2ccc(F)cc2)cnn1Cc1ccccc1. The number of hydrogen-bond donors (Lipinski definition) is 2. The van der Waals surface area contributed by atoms with E-state index < -0.39 is 23.7 Å². The third-order valence-corrected chi connectivity index (χ3v) is 4.29. The number of halogens is 1. The summed E-state index contributed by atoms with van der Waals surface area (Å²) in [5, 5.41) is 6.86. The van der Waals surface area contributed by atoms with Gasteiger partial charge in [0.2, 0.25) is 5.91 Å². The predicted molar refractivity (Wildman–Crippen MR) is 98.3 cm³/mol. The second-order valence-electron chi connectivity index (χ2n) is 6.15. The first-order valence-corrected chi connectivity index (χ1v) is 8.37. The lowest BCUT2D eigenvalue weighted by atomic mass is 10.1. The molecule has 0 saturated heterocycles. The lowest BCUT2D eigenvalue weighted by Crippen LogP contribution is -2.37. The number of carbonyl (C=O) groups excluding carboxylic acids is 2. The quantitative estimate of drug-likeness (QED) is 0.702. The molecular formula is C20H19FN4O2. The van der Waals surface area contributed by atoms with Gasteiger partial charge in [-0.3, -0.25) is 14.3 Å². The maximum atomic E-state index is 13.1. The summed E-state index contributed by atoms with van der Waals surface area (Å²) in [5.41, 5.74) is 7.88. The number of primary amides is 1. The molecule has 1 heterocycles. The average molecular weight is 366 g/mol. The van der Waals surface area contributed by atoms with Crippen molar-refractivity contribution in [1.82, 2.24) is 15.1 Å². The van der Waals surface area contributed by atoms with Crippen molar-refractivity contribution >= 4 is 11.8 Å². The molecule has 138 valence electrons. The molecule has 0 aliphatic carbocycles. The molecule has 0 spiro atoms. The van der Waals surface area contributed by atoms with Crippen molar-refractivity contribution in [2.24, 2.45) is 5.73 Å². The van der Waals surface area contributed by atoms with Gasteiger partial charge >= 0.3 is 0 Å². The van der Waals surface area contributed by atoms with Crippen LogP contribution < -0.4 is 11.1 Å². The number of hydrogen-bond acceptors (Lipinski definition) is 3. The van der Waals surface area contributed by atoms with Crippen molar-refractivity contribution in [3.63, 3.8) is 0 Å². The van der Waals surface area contributed by atoms with Crippen LogP contribution in [0.3, 0.4) is 0 Å². The third-order valence-electron chi connectivity index (χ3n) is 4.29. The zero-order chi connectivity index (χ0) is 19.4. The number of carbonyl (C=O) groups is 2. The van der Waals surface area contributed by atoms with E-state index in [9.17, 15) is 14.0 Å². The summed E-state index contributed by atoms with van der Waals surface area (Å²) in [6.45, 7) is 2.30. The van der Waals surface area contributed by atoms with E-state index in [1.807, 2.05) is 30.3 Å². The standard InChI is InChI=1S/C20H19FN4O2/c1-13-17(11-23-25(13)12-14-5-3-2-4-6-14)20(27)24-18(19(22)26)15-7-9-16(21)10-8-15/h2-11,18H,12H2,1H3,(H2,22,26)(H,24,27). The number of amides is 2. The largest absolute Gasteiger partial charge is 0.368 e. The molecule has 2 aromatic carbocycles. The number of nitrogens with one attached hydrogen (secondary N) is 1. The van der Waals surface area contributed by atoms with Gasteiger partial charge < -0.3 is 11.1 Å². The minimum Gasteiger partial charge on any atom is -0.368 e. The minimum atomic E-state index is -1.06.